The Hall–Kier alpha value is -1.33. The van der Waals surface area contributed by atoms with Gasteiger partial charge in [0.1, 0.15) is 5.69 Å². The molecule has 1 aromatic rings. The van der Waals surface area contributed by atoms with Crippen LogP contribution in [0.3, 0.4) is 0 Å². The lowest BCUT2D eigenvalue weighted by atomic mass is 10.1. The second-order valence-corrected chi connectivity index (χ2v) is 4.36. The van der Waals surface area contributed by atoms with Crippen molar-refractivity contribution in [3.63, 3.8) is 0 Å². The van der Waals surface area contributed by atoms with E-state index in [4.69, 9.17) is 0 Å². The molecule has 0 N–H and O–H groups in total. The standard InChI is InChI=1S/C11H12F4N2/c1-5(6-3-4-6)17(2)9-7(12)10(14)16-11(15)8(9)13/h5-6H,3-4H2,1-2H3. The normalized spacial score (nSPS) is 17.1. The monoisotopic (exact) mass is 248 g/mol. The average molecular weight is 248 g/mol. The lowest BCUT2D eigenvalue weighted by Crippen LogP contribution is -2.32. The fraction of sp³-hybridized carbons (Fsp3) is 0.545. The summed E-state index contributed by atoms with van der Waals surface area (Å²) in [6.07, 6.45) is 1.93. The van der Waals surface area contributed by atoms with Crippen LogP contribution >= 0.6 is 0 Å². The first-order valence-corrected chi connectivity index (χ1v) is 5.36. The lowest BCUT2D eigenvalue weighted by Gasteiger charge is -2.27. The van der Waals surface area contributed by atoms with Gasteiger partial charge in [0, 0.05) is 13.1 Å². The van der Waals surface area contributed by atoms with E-state index in [-0.39, 0.29) is 6.04 Å². The molecule has 0 bridgehead atoms. The van der Waals surface area contributed by atoms with Crippen LogP contribution < -0.4 is 4.90 Å². The van der Waals surface area contributed by atoms with Crippen molar-refractivity contribution in [1.29, 1.82) is 0 Å². The topological polar surface area (TPSA) is 16.1 Å². The second-order valence-electron chi connectivity index (χ2n) is 4.36. The van der Waals surface area contributed by atoms with Gasteiger partial charge in [0.05, 0.1) is 0 Å². The Morgan fingerprint density at radius 1 is 1.12 bits per heavy atom. The van der Waals surface area contributed by atoms with E-state index >= 15 is 0 Å². The molecule has 1 aliphatic rings. The summed E-state index contributed by atoms with van der Waals surface area (Å²) in [4.78, 5) is 3.76. The van der Waals surface area contributed by atoms with Crippen LogP contribution in [0.1, 0.15) is 19.8 Å². The quantitative estimate of drug-likeness (QED) is 0.604. The SMILES string of the molecule is CC(C1CC1)N(C)c1c(F)c(F)nc(F)c1F. The Morgan fingerprint density at radius 3 is 2.00 bits per heavy atom. The van der Waals surface area contributed by atoms with Crippen LogP contribution in [0.2, 0.25) is 0 Å². The highest BCUT2D eigenvalue weighted by molar-refractivity contribution is 5.48. The largest absolute Gasteiger partial charge is 0.367 e. The molecule has 17 heavy (non-hydrogen) atoms. The number of aromatic nitrogens is 1. The van der Waals surface area contributed by atoms with Crippen molar-refractivity contribution in [2.45, 2.75) is 25.8 Å². The van der Waals surface area contributed by atoms with Gasteiger partial charge in [-0.3, -0.25) is 0 Å². The summed E-state index contributed by atoms with van der Waals surface area (Å²) in [5.41, 5.74) is -0.686. The summed E-state index contributed by atoms with van der Waals surface area (Å²) in [5.74, 6) is -5.81. The zero-order valence-corrected chi connectivity index (χ0v) is 9.48. The maximum atomic E-state index is 13.5. The van der Waals surface area contributed by atoms with E-state index in [2.05, 4.69) is 4.98 Å². The summed E-state index contributed by atoms with van der Waals surface area (Å²) in [6.45, 7) is 1.77. The van der Waals surface area contributed by atoms with Gasteiger partial charge < -0.3 is 4.90 Å². The number of halogens is 4. The molecule has 1 fully saturated rings. The minimum Gasteiger partial charge on any atom is -0.367 e. The molecule has 1 atom stereocenters. The maximum Gasteiger partial charge on any atom is 0.253 e. The van der Waals surface area contributed by atoms with Crippen molar-refractivity contribution in [3.8, 4) is 0 Å². The van der Waals surface area contributed by atoms with Crippen molar-refractivity contribution >= 4 is 5.69 Å². The lowest BCUT2D eigenvalue weighted by molar-refractivity contribution is 0.403. The molecular formula is C11H12F4N2. The minimum atomic E-state index is -1.62. The van der Waals surface area contributed by atoms with Gasteiger partial charge in [0.15, 0.2) is 0 Å². The predicted octanol–water partition coefficient (Wildman–Crippen LogP) is 2.87. The molecule has 94 valence electrons. The molecule has 0 spiro atoms. The van der Waals surface area contributed by atoms with Gasteiger partial charge in [-0.15, -0.1) is 0 Å². The van der Waals surface area contributed by atoms with Crippen molar-refractivity contribution < 1.29 is 17.6 Å². The van der Waals surface area contributed by atoms with Gasteiger partial charge >= 0.3 is 0 Å². The Labute approximate surface area is 96.3 Å². The summed E-state index contributed by atoms with van der Waals surface area (Å²) in [6, 6.07) is -0.166. The number of hydrogen-bond donors (Lipinski definition) is 0. The number of anilines is 1. The third kappa shape index (κ3) is 2.08. The van der Waals surface area contributed by atoms with Crippen LogP contribution in [0.25, 0.3) is 0 Å². The molecule has 1 aromatic heterocycles. The Kier molecular flexibility index (Phi) is 2.97. The van der Waals surface area contributed by atoms with E-state index in [1.54, 1.807) is 6.92 Å². The Balaban J connectivity index is 2.42. The molecule has 1 heterocycles. The summed E-state index contributed by atoms with van der Waals surface area (Å²) in [5, 5.41) is 0. The molecular weight excluding hydrogens is 236 g/mol. The molecule has 1 saturated carbocycles. The smallest absolute Gasteiger partial charge is 0.253 e. The van der Waals surface area contributed by atoms with Crippen molar-refractivity contribution in [2.24, 2.45) is 5.92 Å². The number of rotatable bonds is 3. The maximum absolute atomic E-state index is 13.5. The van der Waals surface area contributed by atoms with Gasteiger partial charge in [-0.2, -0.15) is 22.5 Å². The molecule has 2 nitrogen and oxygen atoms in total. The van der Waals surface area contributed by atoms with Crippen LogP contribution in [0.5, 0.6) is 0 Å². The first-order chi connectivity index (χ1) is 7.93. The number of pyridine rings is 1. The zero-order valence-electron chi connectivity index (χ0n) is 9.48. The highest BCUT2D eigenvalue weighted by atomic mass is 19.2. The van der Waals surface area contributed by atoms with E-state index in [1.807, 2.05) is 0 Å². The molecule has 0 radical (unpaired) electrons. The van der Waals surface area contributed by atoms with Gasteiger partial charge in [0.2, 0.25) is 11.6 Å². The van der Waals surface area contributed by atoms with Gasteiger partial charge in [-0.05, 0) is 25.7 Å². The van der Waals surface area contributed by atoms with Crippen molar-refractivity contribution in [1.82, 2.24) is 4.98 Å². The predicted molar refractivity (Wildman–Crippen MR) is 54.7 cm³/mol. The van der Waals surface area contributed by atoms with E-state index in [0.717, 1.165) is 12.8 Å². The third-order valence-corrected chi connectivity index (χ3v) is 3.24. The highest BCUT2D eigenvalue weighted by Crippen LogP contribution is 2.37. The van der Waals surface area contributed by atoms with Gasteiger partial charge in [-0.25, -0.2) is 0 Å². The van der Waals surface area contributed by atoms with Crippen LogP contribution in [-0.4, -0.2) is 18.1 Å². The number of nitrogens with zero attached hydrogens (tertiary/aromatic N) is 2. The van der Waals surface area contributed by atoms with E-state index in [9.17, 15) is 17.6 Å². The van der Waals surface area contributed by atoms with Crippen LogP contribution in [0.4, 0.5) is 23.2 Å². The first-order valence-electron chi connectivity index (χ1n) is 5.36. The first kappa shape index (κ1) is 12.1. The number of hydrogen-bond acceptors (Lipinski definition) is 2. The molecule has 1 unspecified atom stereocenters. The second kappa shape index (κ2) is 4.16. The van der Waals surface area contributed by atoms with E-state index < -0.39 is 29.2 Å². The van der Waals surface area contributed by atoms with Gasteiger partial charge in [-0.1, -0.05) is 0 Å². The molecule has 1 aliphatic carbocycles. The van der Waals surface area contributed by atoms with E-state index in [1.165, 1.54) is 11.9 Å². The summed E-state index contributed by atoms with van der Waals surface area (Å²) in [7, 11) is 1.42. The fourth-order valence-electron chi connectivity index (χ4n) is 1.88. The summed E-state index contributed by atoms with van der Waals surface area (Å²) >= 11 is 0. The molecule has 0 aromatic carbocycles. The highest BCUT2D eigenvalue weighted by Gasteiger charge is 2.34. The molecule has 0 saturated heterocycles. The van der Waals surface area contributed by atoms with Crippen molar-refractivity contribution in [3.05, 3.63) is 23.5 Å². The molecule has 6 heteroatoms. The van der Waals surface area contributed by atoms with E-state index in [0.29, 0.717) is 5.92 Å². The average Bonchev–Trinajstić information content (AvgIpc) is 3.09. The molecule has 0 amide bonds. The summed E-state index contributed by atoms with van der Waals surface area (Å²) < 4.78 is 52.8. The zero-order chi connectivity index (χ0) is 12.7. The third-order valence-electron chi connectivity index (χ3n) is 3.24. The molecule has 2 rings (SSSR count). The minimum absolute atomic E-state index is 0.166. The van der Waals surface area contributed by atoms with Crippen LogP contribution in [-0.2, 0) is 0 Å². The van der Waals surface area contributed by atoms with Crippen molar-refractivity contribution in [2.75, 3.05) is 11.9 Å². The Morgan fingerprint density at radius 2 is 1.59 bits per heavy atom. The Bertz CT molecular complexity index is 419. The molecule has 0 aliphatic heterocycles. The van der Waals surface area contributed by atoms with Crippen LogP contribution in [0.15, 0.2) is 0 Å². The van der Waals surface area contributed by atoms with Crippen LogP contribution in [0, 0.1) is 29.4 Å². The fourth-order valence-corrected chi connectivity index (χ4v) is 1.88. The van der Waals surface area contributed by atoms with Gasteiger partial charge in [0.25, 0.3) is 11.9 Å².